The number of hydrogen-bond donors (Lipinski definition) is 3. The summed E-state index contributed by atoms with van der Waals surface area (Å²) in [5, 5.41) is 7.71. The van der Waals surface area contributed by atoms with Crippen molar-refractivity contribution < 1.29 is 4.79 Å². The topological polar surface area (TPSA) is 98.4 Å². The lowest BCUT2D eigenvalue weighted by atomic mass is 9.85. The Morgan fingerprint density at radius 3 is 2.90 bits per heavy atom. The van der Waals surface area contributed by atoms with Gasteiger partial charge in [-0.15, -0.1) is 0 Å². The van der Waals surface area contributed by atoms with Crippen molar-refractivity contribution in [2.75, 3.05) is 11.1 Å². The Labute approximate surface area is 123 Å². The van der Waals surface area contributed by atoms with Gasteiger partial charge in [0.05, 0.1) is 34.8 Å². The van der Waals surface area contributed by atoms with Gasteiger partial charge in [-0.25, -0.2) is 4.52 Å². The van der Waals surface area contributed by atoms with Crippen LogP contribution in [-0.4, -0.2) is 21.6 Å². The van der Waals surface area contributed by atoms with Crippen LogP contribution in [0, 0.1) is 5.92 Å². The van der Waals surface area contributed by atoms with Crippen molar-refractivity contribution in [3.8, 4) is 0 Å². The highest BCUT2D eigenvalue weighted by Gasteiger charge is 2.24. The van der Waals surface area contributed by atoms with Gasteiger partial charge < -0.3 is 16.8 Å². The zero-order chi connectivity index (χ0) is 15.0. The summed E-state index contributed by atoms with van der Waals surface area (Å²) in [6.07, 6.45) is 8.02. The molecular formula is C15H21N5O. The molecule has 5 N–H and O–H groups in total. The Bertz CT molecular complexity index is 678. The van der Waals surface area contributed by atoms with Crippen LogP contribution in [0.4, 0.5) is 11.4 Å². The second kappa shape index (κ2) is 5.27. The molecule has 2 aromatic heterocycles. The number of nitrogens with two attached hydrogens (primary N) is 2. The Hall–Kier alpha value is -2.24. The van der Waals surface area contributed by atoms with E-state index in [1.807, 2.05) is 6.07 Å². The quantitative estimate of drug-likeness (QED) is 0.804. The third kappa shape index (κ3) is 2.53. The first-order valence-corrected chi connectivity index (χ1v) is 7.39. The van der Waals surface area contributed by atoms with E-state index >= 15 is 0 Å². The molecule has 2 unspecified atom stereocenters. The van der Waals surface area contributed by atoms with Gasteiger partial charge in [-0.05, 0) is 24.8 Å². The molecule has 112 valence electrons. The predicted molar refractivity (Wildman–Crippen MR) is 83.2 cm³/mol. The van der Waals surface area contributed by atoms with Crippen molar-refractivity contribution in [2.45, 2.75) is 38.6 Å². The van der Waals surface area contributed by atoms with Gasteiger partial charge in [0.25, 0.3) is 5.91 Å². The molecule has 6 heteroatoms. The first-order valence-electron chi connectivity index (χ1n) is 7.39. The molecule has 1 amide bonds. The number of aromatic nitrogens is 2. The molecule has 0 bridgehead atoms. The van der Waals surface area contributed by atoms with Crippen molar-refractivity contribution in [3.63, 3.8) is 0 Å². The Kier molecular flexibility index (Phi) is 3.45. The summed E-state index contributed by atoms with van der Waals surface area (Å²) in [6, 6.07) is 2.16. The number of nitrogens with one attached hydrogen (secondary N) is 1. The second-order valence-electron chi connectivity index (χ2n) is 5.91. The van der Waals surface area contributed by atoms with Gasteiger partial charge in [0.1, 0.15) is 0 Å². The zero-order valence-corrected chi connectivity index (χ0v) is 12.2. The standard InChI is InChI=1S/C15H21N5O/c1-9-4-2-3-5-12(9)19-14-11(15(17)21)7-18-20-8-10(16)6-13(14)20/h6-9,12,19H,2-5,16H2,1H3,(H2,17,21). The number of nitrogen functional groups attached to an aromatic ring is 1. The van der Waals surface area contributed by atoms with E-state index in [1.165, 1.54) is 25.5 Å². The fraction of sp³-hybridized carbons (Fsp3) is 0.467. The van der Waals surface area contributed by atoms with Gasteiger partial charge in [-0.2, -0.15) is 5.10 Å². The summed E-state index contributed by atoms with van der Waals surface area (Å²) in [7, 11) is 0. The summed E-state index contributed by atoms with van der Waals surface area (Å²) in [4.78, 5) is 11.7. The van der Waals surface area contributed by atoms with Crippen molar-refractivity contribution in [1.29, 1.82) is 0 Å². The van der Waals surface area contributed by atoms with Gasteiger partial charge in [0, 0.05) is 6.04 Å². The number of fused-ring (bicyclic) bond motifs is 1. The summed E-state index contributed by atoms with van der Waals surface area (Å²) >= 11 is 0. The predicted octanol–water partition coefficient (Wildman–Crippen LogP) is 2.01. The molecule has 2 aromatic rings. The number of hydrogen-bond acceptors (Lipinski definition) is 4. The van der Waals surface area contributed by atoms with Crippen LogP contribution in [0.25, 0.3) is 5.52 Å². The normalized spacial score (nSPS) is 22.3. The molecule has 21 heavy (non-hydrogen) atoms. The summed E-state index contributed by atoms with van der Waals surface area (Å²) in [6.45, 7) is 2.24. The minimum atomic E-state index is -0.476. The molecule has 6 nitrogen and oxygen atoms in total. The van der Waals surface area contributed by atoms with Gasteiger partial charge in [-0.3, -0.25) is 4.79 Å². The third-order valence-electron chi connectivity index (χ3n) is 4.36. The first kappa shape index (κ1) is 13.7. The minimum Gasteiger partial charge on any atom is -0.397 e. The smallest absolute Gasteiger partial charge is 0.252 e. The van der Waals surface area contributed by atoms with Crippen LogP contribution in [0.3, 0.4) is 0 Å². The molecule has 0 spiro atoms. The van der Waals surface area contributed by atoms with Gasteiger partial charge >= 0.3 is 0 Å². The van der Waals surface area contributed by atoms with Crippen LogP contribution in [-0.2, 0) is 0 Å². The van der Waals surface area contributed by atoms with E-state index in [0.717, 1.165) is 17.6 Å². The highest BCUT2D eigenvalue weighted by molar-refractivity contribution is 6.02. The fourth-order valence-corrected chi connectivity index (χ4v) is 3.13. The summed E-state index contributed by atoms with van der Waals surface area (Å²) in [5.74, 6) is 0.0933. The number of rotatable bonds is 3. The molecule has 1 aliphatic carbocycles. The maximum Gasteiger partial charge on any atom is 0.252 e. The van der Waals surface area contributed by atoms with E-state index in [4.69, 9.17) is 11.5 Å². The zero-order valence-electron chi connectivity index (χ0n) is 12.2. The third-order valence-corrected chi connectivity index (χ3v) is 4.36. The molecule has 2 atom stereocenters. The molecular weight excluding hydrogens is 266 g/mol. The Morgan fingerprint density at radius 2 is 2.19 bits per heavy atom. The van der Waals surface area contributed by atoms with E-state index in [2.05, 4.69) is 17.3 Å². The highest BCUT2D eigenvalue weighted by atomic mass is 16.1. The number of primary amides is 1. The molecule has 0 aromatic carbocycles. The minimum absolute atomic E-state index is 0.346. The maximum absolute atomic E-state index is 11.7. The SMILES string of the molecule is CC1CCCCC1Nc1c(C(N)=O)cnn2cc(N)cc12. The second-order valence-corrected chi connectivity index (χ2v) is 5.91. The molecule has 0 saturated heterocycles. The van der Waals surface area contributed by atoms with Gasteiger partial charge in [-0.1, -0.05) is 19.8 Å². The first-order chi connectivity index (χ1) is 10.1. The molecule has 3 rings (SSSR count). The lowest BCUT2D eigenvalue weighted by Crippen LogP contribution is -2.31. The average molecular weight is 287 g/mol. The van der Waals surface area contributed by atoms with Crippen molar-refractivity contribution in [3.05, 3.63) is 24.0 Å². The lowest BCUT2D eigenvalue weighted by Gasteiger charge is -2.31. The number of anilines is 2. The number of nitrogens with zero attached hydrogens (tertiary/aromatic N) is 2. The van der Waals surface area contributed by atoms with E-state index in [1.54, 1.807) is 10.7 Å². The summed E-state index contributed by atoms with van der Waals surface area (Å²) < 4.78 is 1.68. The van der Waals surface area contributed by atoms with Crippen LogP contribution in [0.1, 0.15) is 43.0 Å². The number of amides is 1. The van der Waals surface area contributed by atoms with Crippen LogP contribution < -0.4 is 16.8 Å². The van der Waals surface area contributed by atoms with Gasteiger partial charge in [0.2, 0.25) is 0 Å². The molecule has 1 aliphatic rings. The fourth-order valence-electron chi connectivity index (χ4n) is 3.13. The van der Waals surface area contributed by atoms with Crippen LogP contribution >= 0.6 is 0 Å². The average Bonchev–Trinajstić information content (AvgIpc) is 2.82. The van der Waals surface area contributed by atoms with Crippen molar-refractivity contribution in [1.82, 2.24) is 9.61 Å². The molecule has 0 radical (unpaired) electrons. The van der Waals surface area contributed by atoms with Crippen molar-refractivity contribution >= 4 is 22.8 Å². The lowest BCUT2D eigenvalue weighted by molar-refractivity contribution is 0.100. The summed E-state index contributed by atoms with van der Waals surface area (Å²) in [5.41, 5.74) is 13.9. The Morgan fingerprint density at radius 1 is 1.43 bits per heavy atom. The number of carbonyl (C=O) groups is 1. The van der Waals surface area contributed by atoms with E-state index in [-0.39, 0.29) is 0 Å². The molecule has 1 saturated carbocycles. The van der Waals surface area contributed by atoms with E-state index in [9.17, 15) is 4.79 Å². The van der Waals surface area contributed by atoms with E-state index < -0.39 is 5.91 Å². The van der Waals surface area contributed by atoms with Crippen LogP contribution in [0.15, 0.2) is 18.5 Å². The highest BCUT2D eigenvalue weighted by Crippen LogP contribution is 2.30. The number of carbonyl (C=O) groups excluding carboxylic acids is 1. The van der Waals surface area contributed by atoms with Crippen LogP contribution in [0.2, 0.25) is 0 Å². The monoisotopic (exact) mass is 287 g/mol. The van der Waals surface area contributed by atoms with Gasteiger partial charge in [0.15, 0.2) is 0 Å². The Balaban J connectivity index is 2.05. The molecule has 1 fully saturated rings. The molecule has 2 heterocycles. The largest absolute Gasteiger partial charge is 0.397 e. The molecule has 0 aliphatic heterocycles. The maximum atomic E-state index is 11.7. The van der Waals surface area contributed by atoms with E-state index in [0.29, 0.717) is 23.2 Å². The van der Waals surface area contributed by atoms with Crippen molar-refractivity contribution in [2.24, 2.45) is 11.7 Å². The van der Waals surface area contributed by atoms with Crippen LogP contribution in [0.5, 0.6) is 0 Å².